The van der Waals surface area contributed by atoms with Crippen molar-refractivity contribution in [3.05, 3.63) is 35.6 Å². The van der Waals surface area contributed by atoms with E-state index in [4.69, 9.17) is 9.47 Å². The van der Waals surface area contributed by atoms with Crippen LogP contribution in [0.1, 0.15) is 12.5 Å². The third-order valence-corrected chi connectivity index (χ3v) is 2.96. The van der Waals surface area contributed by atoms with Gasteiger partial charge in [-0.05, 0) is 18.6 Å². The summed E-state index contributed by atoms with van der Waals surface area (Å²) in [6.45, 7) is 2.64. The maximum absolute atomic E-state index is 13.7. The van der Waals surface area contributed by atoms with E-state index in [0.29, 0.717) is 18.7 Å². The molecule has 0 aromatic heterocycles. The summed E-state index contributed by atoms with van der Waals surface area (Å²) in [6.07, 6.45) is 0.218. The zero-order valence-corrected chi connectivity index (χ0v) is 11.5. The van der Waals surface area contributed by atoms with Gasteiger partial charge in [0, 0.05) is 20.1 Å². The normalized spacial score (nSPS) is 13.9. The average molecular weight is 269 g/mol. The van der Waals surface area contributed by atoms with Gasteiger partial charge in [0.2, 0.25) is 0 Å². The Morgan fingerprint density at radius 3 is 2.63 bits per heavy atom. The molecule has 0 heterocycles. The molecule has 5 heteroatoms. The van der Waals surface area contributed by atoms with E-state index >= 15 is 0 Å². The highest BCUT2D eigenvalue weighted by atomic mass is 19.1. The molecular weight excluding hydrogens is 249 g/mol. The van der Waals surface area contributed by atoms with Crippen molar-refractivity contribution >= 4 is 5.97 Å². The molecule has 4 nitrogen and oxygen atoms in total. The van der Waals surface area contributed by atoms with Crippen molar-refractivity contribution in [2.24, 2.45) is 0 Å². The summed E-state index contributed by atoms with van der Waals surface area (Å²) < 4.78 is 23.4. The molecule has 106 valence electrons. The summed E-state index contributed by atoms with van der Waals surface area (Å²) in [6, 6.07) is 6.40. The van der Waals surface area contributed by atoms with Crippen LogP contribution in [0.25, 0.3) is 0 Å². The Labute approximate surface area is 112 Å². The Morgan fingerprint density at radius 1 is 1.37 bits per heavy atom. The summed E-state index contributed by atoms with van der Waals surface area (Å²) in [4.78, 5) is 11.9. The lowest BCUT2D eigenvalue weighted by molar-refractivity contribution is -0.148. The minimum Gasteiger partial charge on any atom is -0.468 e. The van der Waals surface area contributed by atoms with Crippen molar-refractivity contribution in [3.8, 4) is 0 Å². The molecule has 1 atom stereocenters. The topological polar surface area (TPSA) is 47.6 Å². The van der Waals surface area contributed by atoms with Crippen molar-refractivity contribution in [1.29, 1.82) is 0 Å². The zero-order valence-electron chi connectivity index (χ0n) is 11.5. The number of hydrogen-bond acceptors (Lipinski definition) is 4. The molecule has 1 aromatic rings. The second kappa shape index (κ2) is 7.21. The van der Waals surface area contributed by atoms with Crippen LogP contribution in [0.3, 0.4) is 0 Å². The Bertz CT molecular complexity index is 425. The smallest absolute Gasteiger partial charge is 0.326 e. The first-order valence-corrected chi connectivity index (χ1v) is 6.09. The Hall–Kier alpha value is -1.46. The largest absolute Gasteiger partial charge is 0.468 e. The third-order valence-electron chi connectivity index (χ3n) is 2.96. The maximum atomic E-state index is 13.7. The van der Waals surface area contributed by atoms with Crippen LogP contribution in [0, 0.1) is 5.82 Å². The van der Waals surface area contributed by atoms with Crippen LogP contribution < -0.4 is 5.32 Å². The summed E-state index contributed by atoms with van der Waals surface area (Å²) in [5.74, 6) is -0.752. The fourth-order valence-electron chi connectivity index (χ4n) is 1.88. The molecule has 0 fully saturated rings. The van der Waals surface area contributed by atoms with Crippen LogP contribution in [0.15, 0.2) is 24.3 Å². The van der Waals surface area contributed by atoms with Crippen LogP contribution >= 0.6 is 0 Å². The molecular formula is C14H20FNO3. The second-order valence-electron chi connectivity index (χ2n) is 4.51. The van der Waals surface area contributed by atoms with Crippen LogP contribution in [0.5, 0.6) is 0 Å². The van der Waals surface area contributed by atoms with E-state index in [2.05, 4.69) is 5.32 Å². The van der Waals surface area contributed by atoms with Gasteiger partial charge in [-0.3, -0.25) is 10.1 Å². The highest BCUT2D eigenvalue weighted by Crippen LogP contribution is 2.17. The van der Waals surface area contributed by atoms with Gasteiger partial charge < -0.3 is 9.47 Å². The van der Waals surface area contributed by atoms with Gasteiger partial charge >= 0.3 is 5.97 Å². The number of carbonyl (C=O) groups excluding carboxylic acids is 1. The first-order valence-electron chi connectivity index (χ1n) is 6.09. The van der Waals surface area contributed by atoms with E-state index in [0.717, 1.165) is 0 Å². The fourth-order valence-corrected chi connectivity index (χ4v) is 1.88. The summed E-state index contributed by atoms with van der Waals surface area (Å²) in [5.41, 5.74) is -0.504. The van der Waals surface area contributed by atoms with Crippen LogP contribution in [-0.4, -0.2) is 38.9 Å². The third kappa shape index (κ3) is 4.29. The monoisotopic (exact) mass is 269 g/mol. The Balaban J connectivity index is 2.85. The maximum Gasteiger partial charge on any atom is 0.326 e. The van der Waals surface area contributed by atoms with E-state index < -0.39 is 11.5 Å². The molecule has 0 saturated heterocycles. The molecule has 0 aliphatic heterocycles. The number of nitrogens with one attached hydrogen (secondary N) is 1. The van der Waals surface area contributed by atoms with E-state index in [1.54, 1.807) is 32.2 Å². The summed E-state index contributed by atoms with van der Waals surface area (Å²) in [7, 11) is 2.90. The van der Waals surface area contributed by atoms with E-state index in [9.17, 15) is 9.18 Å². The van der Waals surface area contributed by atoms with E-state index in [1.165, 1.54) is 13.2 Å². The van der Waals surface area contributed by atoms with Gasteiger partial charge in [-0.25, -0.2) is 4.39 Å². The molecule has 0 radical (unpaired) electrons. The van der Waals surface area contributed by atoms with Gasteiger partial charge in [0.05, 0.1) is 13.7 Å². The number of esters is 1. The number of ether oxygens (including phenoxy) is 2. The van der Waals surface area contributed by atoms with E-state index in [1.807, 2.05) is 0 Å². The lowest BCUT2D eigenvalue weighted by atomic mass is 9.92. The van der Waals surface area contributed by atoms with Gasteiger partial charge in [0.15, 0.2) is 0 Å². The minimum atomic E-state index is -0.977. The Morgan fingerprint density at radius 2 is 2.05 bits per heavy atom. The molecule has 1 aromatic carbocycles. The number of rotatable bonds is 7. The van der Waals surface area contributed by atoms with Gasteiger partial charge in [-0.1, -0.05) is 18.2 Å². The molecule has 19 heavy (non-hydrogen) atoms. The molecule has 1 rings (SSSR count). The standard InChI is InChI=1S/C14H20FNO3/c1-14(13(17)19-3,16-8-9-18-2)10-11-6-4-5-7-12(11)15/h4-7,16H,8-10H2,1-3H3. The number of carbonyl (C=O) groups is 1. The molecule has 0 spiro atoms. The Kier molecular flexibility index (Phi) is 5.92. The van der Waals surface area contributed by atoms with Crippen molar-refractivity contribution in [3.63, 3.8) is 0 Å². The molecule has 0 amide bonds. The molecule has 0 saturated carbocycles. The van der Waals surface area contributed by atoms with Gasteiger partial charge in [0.25, 0.3) is 0 Å². The first-order chi connectivity index (χ1) is 9.03. The lowest BCUT2D eigenvalue weighted by Gasteiger charge is -2.28. The predicted octanol–water partition coefficient (Wildman–Crippen LogP) is 1.54. The first kappa shape index (κ1) is 15.6. The van der Waals surface area contributed by atoms with Gasteiger partial charge in [-0.15, -0.1) is 0 Å². The summed E-state index contributed by atoms with van der Waals surface area (Å²) in [5, 5.41) is 3.06. The fraction of sp³-hybridized carbons (Fsp3) is 0.500. The van der Waals surface area contributed by atoms with Crippen LogP contribution in [0.2, 0.25) is 0 Å². The minimum absolute atomic E-state index is 0.218. The number of benzene rings is 1. The van der Waals surface area contributed by atoms with Crippen molar-refractivity contribution in [1.82, 2.24) is 5.32 Å². The molecule has 1 unspecified atom stereocenters. The van der Waals surface area contributed by atoms with Crippen molar-refractivity contribution < 1.29 is 18.7 Å². The molecule has 0 aliphatic rings. The van der Waals surface area contributed by atoms with Crippen LogP contribution in [-0.2, 0) is 20.7 Å². The molecule has 1 N–H and O–H groups in total. The second-order valence-corrected chi connectivity index (χ2v) is 4.51. The summed E-state index contributed by atoms with van der Waals surface area (Å²) >= 11 is 0. The lowest BCUT2D eigenvalue weighted by Crippen LogP contribution is -2.53. The van der Waals surface area contributed by atoms with Gasteiger partial charge in [0.1, 0.15) is 11.4 Å². The molecule has 0 bridgehead atoms. The quantitative estimate of drug-likeness (QED) is 0.602. The van der Waals surface area contributed by atoms with Crippen LogP contribution in [0.4, 0.5) is 4.39 Å². The number of halogens is 1. The predicted molar refractivity (Wildman–Crippen MR) is 70.4 cm³/mol. The highest BCUT2D eigenvalue weighted by molar-refractivity contribution is 5.80. The van der Waals surface area contributed by atoms with Crippen molar-refractivity contribution in [2.75, 3.05) is 27.4 Å². The van der Waals surface area contributed by atoms with Gasteiger partial charge in [-0.2, -0.15) is 0 Å². The van der Waals surface area contributed by atoms with E-state index in [-0.39, 0.29) is 12.2 Å². The number of methoxy groups -OCH3 is 2. The number of hydrogen-bond donors (Lipinski definition) is 1. The highest BCUT2D eigenvalue weighted by Gasteiger charge is 2.34. The van der Waals surface area contributed by atoms with Crippen molar-refractivity contribution in [2.45, 2.75) is 18.9 Å². The molecule has 0 aliphatic carbocycles. The SMILES string of the molecule is COCCNC(C)(Cc1ccccc1F)C(=O)OC. The zero-order chi connectivity index (χ0) is 14.3. The average Bonchev–Trinajstić information content (AvgIpc) is 2.41.